The van der Waals surface area contributed by atoms with Gasteiger partial charge in [-0.3, -0.25) is 0 Å². The van der Waals surface area contributed by atoms with Crippen LogP contribution in [0, 0.1) is 23.7 Å². The highest BCUT2D eigenvalue weighted by Crippen LogP contribution is 2.60. The standard InChI is InChI=1S/C19H33NO5/c1-11-5-6-15-13(3)16(21-12(2)8-10-20)22-17-19(15)14(11)7-9-18(4,23-17)24-25-19/h11-17H,5-10,20H2,1-4H3/t11-,12?,13-,14+,15+,16+,17-,18-,19-/m1/s1. The van der Waals surface area contributed by atoms with Crippen LogP contribution in [0.25, 0.3) is 0 Å². The Hall–Kier alpha value is -0.240. The number of nitrogens with two attached hydrogens (primary N) is 1. The van der Waals surface area contributed by atoms with Gasteiger partial charge in [-0.2, -0.15) is 0 Å². The van der Waals surface area contributed by atoms with Gasteiger partial charge < -0.3 is 19.9 Å². The highest BCUT2D eigenvalue weighted by Gasteiger charge is 2.69. The Morgan fingerprint density at radius 2 is 1.96 bits per heavy atom. The molecule has 1 spiro atoms. The van der Waals surface area contributed by atoms with Crippen LogP contribution in [0.5, 0.6) is 0 Å². The molecule has 0 aromatic rings. The molecule has 4 saturated heterocycles. The van der Waals surface area contributed by atoms with Crippen molar-refractivity contribution in [2.75, 3.05) is 6.54 Å². The zero-order valence-corrected chi connectivity index (χ0v) is 15.9. The van der Waals surface area contributed by atoms with Crippen LogP contribution in [0.1, 0.15) is 59.8 Å². The first-order valence-electron chi connectivity index (χ1n) is 9.95. The van der Waals surface area contributed by atoms with Gasteiger partial charge in [0.05, 0.1) is 6.10 Å². The maximum absolute atomic E-state index is 6.38. The summed E-state index contributed by atoms with van der Waals surface area (Å²) in [6.07, 6.45) is 4.36. The smallest absolute Gasteiger partial charge is 0.201 e. The van der Waals surface area contributed by atoms with Crippen molar-refractivity contribution in [3.05, 3.63) is 0 Å². The highest BCUT2D eigenvalue weighted by molar-refractivity contribution is 5.09. The van der Waals surface area contributed by atoms with Gasteiger partial charge in [0, 0.05) is 18.3 Å². The van der Waals surface area contributed by atoms with Gasteiger partial charge in [0.25, 0.3) is 0 Å². The van der Waals surface area contributed by atoms with Crippen molar-refractivity contribution in [3.63, 3.8) is 0 Å². The zero-order chi connectivity index (χ0) is 17.8. The monoisotopic (exact) mass is 355 g/mol. The fourth-order valence-electron chi connectivity index (χ4n) is 5.56. The van der Waals surface area contributed by atoms with Crippen molar-refractivity contribution in [1.29, 1.82) is 0 Å². The molecule has 2 bridgehead atoms. The lowest BCUT2D eigenvalue weighted by atomic mass is 9.58. The second-order valence-corrected chi connectivity index (χ2v) is 8.80. The molecule has 5 rings (SSSR count). The first kappa shape index (κ1) is 18.1. The number of ether oxygens (including phenoxy) is 3. The Bertz CT molecular complexity index is 504. The van der Waals surface area contributed by atoms with E-state index in [9.17, 15) is 0 Å². The minimum absolute atomic E-state index is 0.0699. The SMILES string of the molecule is CC(CCN)O[C@H]1O[C@@H]2O[C@@]3(C)CC[C@H]4[C@H](C)CC[C@@H]([C@H]1C)[C@@]24OO3. The third-order valence-electron chi connectivity index (χ3n) is 7.04. The van der Waals surface area contributed by atoms with Gasteiger partial charge in [-0.05, 0) is 57.9 Å². The maximum atomic E-state index is 6.38. The Morgan fingerprint density at radius 1 is 1.16 bits per heavy atom. The molecule has 1 aliphatic carbocycles. The molecule has 9 atom stereocenters. The van der Waals surface area contributed by atoms with Crippen LogP contribution in [0.2, 0.25) is 0 Å². The van der Waals surface area contributed by atoms with Crippen molar-refractivity contribution < 1.29 is 24.0 Å². The minimum atomic E-state index is -0.731. The lowest BCUT2D eigenvalue weighted by Gasteiger charge is -2.60. The van der Waals surface area contributed by atoms with Crippen molar-refractivity contribution in [1.82, 2.24) is 0 Å². The summed E-state index contributed by atoms with van der Waals surface area (Å²) in [4.78, 5) is 12.0. The molecular formula is C19H33NO5. The quantitative estimate of drug-likeness (QED) is 0.782. The van der Waals surface area contributed by atoms with E-state index in [0.717, 1.165) is 25.7 Å². The molecule has 1 unspecified atom stereocenters. The molecule has 0 amide bonds. The number of hydrogen-bond donors (Lipinski definition) is 1. The normalized spacial score (nSPS) is 53.2. The van der Waals surface area contributed by atoms with E-state index in [-0.39, 0.29) is 18.3 Å². The van der Waals surface area contributed by atoms with Crippen LogP contribution in [-0.2, 0) is 24.0 Å². The van der Waals surface area contributed by atoms with E-state index in [4.69, 9.17) is 29.7 Å². The van der Waals surface area contributed by atoms with Gasteiger partial charge in [-0.15, -0.1) is 0 Å². The van der Waals surface area contributed by atoms with Crippen LogP contribution in [-0.4, -0.2) is 36.6 Å². The Labute approximate surface area is 150 Å². The topological polar surface area (TPSA) is 72.2 Å². The second kappa shape index (κ2) is 6.43. The molecule has 2 N–H and O–H groups in total. The molecule has 4 heterocycles. The predicted octanol–water partition coefficient (Wildman–Crippen LogP) is 2.95. The molecule has 0 aromatic carbocycles. The highest BCUT2D eigenvalue weighted by atomic mass is 17.3. The van der Waals surface area contributed by atoms with Crippen molar-refractivity contribution >= 4 is 0 Å². The summed E-state index contributed by atoms with van der Waals surface area (Å²) < 4.78 is 18.9. The van der Waals surface area contributed by atoms with E-state index in [1.165, 1.54) is 6.42 Å². The molecule has 5 aliphatic rings. The average molecular weight is 355 g/mol. The number of hydrogen-bond acceptors (Lipinski definition) is 6. The zero-order valence-electron chi connectivity index (χ0n) is 15.9. The largest absolute Gasteiger partial charge is 0.349 e. The lowest BCUT2D eigenvalue weighted by Crippen LogP contribution is -2.70. The van der Waals surface area contributed by atoms with Crippen LogP contribution < -0.4 is 5.73 Å². The summed E-state index contributed by atoms with van der Waals surface area (Å²) in [6, 6.07) is 0. The average Bonchev–Trinajstić information content (AvgIpc) is 2.79. The van der Waals surface area contributed by atoms with Crippen molar-refractivity contribution in [2.24, 2.45) is 29.4 Å². The van der Waals surface area contributed by atoms with E-state index in [1.54, 1.807) is 0 Å². The maximum Gasteiger partial charge on any atom is 0.201 e. The van der Waals surface area contributed by atoms with Gasteiger partial charge in [-0.1, -0.05) is 13.8 Å². The fourth-order valence-corrected chi connectivity index (χ4v) is 5.56. The summed E-state index contributed by atoms with van der Waals surface area (Å²) in [7, 11) is 0. The number of fused-ring (bicyclic) bond motifs is 2. The van der Waals surface area contributed by atoms with Crippen molar-refractivity contribution in [2.45, 2.75) is 89.9 Å². The third-order valence-corrected chi connectivity index (χ3v) is 7.04. The van der Waals surface area contributed by atoms with Crippen LogP contribution in [0.4, 0.5) is 0 Å². The third kappa shape index (κ3) is 2.77. The summed E-state index contributed by atoms with van der Waals surface area (Å²) >= 11 is 0. The van der Waals surface area contributed by atoms with Crippen LogP contribution in [0.15, 0.2) is 0 Å². The van der Waals surface area contributed by atoms with E-state index in [1.807, 2.05) is 6.92 Å². The first-order valence-corrected chi connectivity index (χ1v) is 9.95. The summed E-state index contributed by atoms with van der Waals surface area (Å²) in [5, 5.41) is 0. The van der Waals surface area contributed by atoms with Gasteiger partial charge >= 0.3 is 0 Å². The Balaban J connectivity index is 1.65. The fraction of sp³-hybridized carbons (Fsp3) is 1.00. The van der Waals surface area contributed by atoms with Gasteiger partial charge in [0.1, 0.15) is 0 Å². The molecular weight excluding hydrogens is 322 g/mol. The molecule has 144 valence electrons. The van der Waals surface area contributed by atoms with E-state index < -0.39 is 17.7 Å². The molecule has 5 fully saturated rings. The molecule has 4 aliphatic heterocycles. The first-order chi connectivity index (χ1) is 11.9. The predicted molar refractivity (Wildman–Crippen MR) is 91.0 cm³/mol. The Morgan fingerprint density at radius 3 is 2.72 bits per heavy atom. The minimum Gasteiger partial charge on any atom is -0.349 e. The van der Waals surface area contributed by atoms with E-state index in [2.05, 4.69) is 20.8 Å². The molecule has 0 aromatic heterocycles. The van der Waals surface area contributed by atoms with E-state index in [0.29, 0.717) is 24.3 Å². The van der Waals surface area contributed by atoms with Gasteiger partial charge in [-0.25, -0.2) is 9.78 Å². The van der Waals surface area contributed by atoms with Crippen LogP contribution in [0.3, 0.4) is 0 Å². The van der Waals surface area contributed by atoms with Gasteiger partial charge in [0.2, 0.25) is 5.79 Å². The molecule has 0 radical (unpaired) electrons. The summed E-state index contributed by atoms with van der Waals surface area (Å²) in [5.74, 6) is 0.776. The van der Waals surface area contributed by atoms with Crippen molar-refractivity contribution in [3.8, 4) is 0 Å². The summed E-state index contributed by atoms with van der Waals surface area (Å²) in [5.41, 5.74) is 5.17. The van der Waals surface area contributed by atoms with Gasteiger partial charge in [0.15, 0.2) is 18.2 Å². The number of rotatable bonds is 4. The Kier molecular flexibility index (Phi) is 4.66. The summed E-state index contributed by atoms with van der Waals surface area (Å²) in [6.45, 7) is 9.16. The second-order valence-electron chi connectivity index (χ2n) is 8.80. The molecule has 1 saturated carbocycles. The van der Waals surface area contributed by atoms with Crippen LogP contribution >= 0.6 is 0 Å². The molecule has 6 heteroatoms. The van der Waals surface area contributed by atoms with E-state index >= 15 is 0 Å². The molecule has 25 heavy (non-hydrogen) atoms. The lowest BCUT2D eigenvalue weighted by molar-refractivity contribution is -0.578. The molecule has 6 nitrogen and oxygen atoms in total.